The molecular formula is C10H21NO3. The first-order chi connectivity index (χ1) is 6.57. The van der Waals surface area contributed by atoms with Crippen LogP contribution in [0.2, 0.25) is 0 Å². The number of carboxylic acids is 1. The van der Waals surface area contributed by atoms with Gasteiger partial charge in [-0.1, -0.05) is 6.92 Å². The van der Waals surface area contributed by atoms with Crippen molar-refractivity contribution in [2.75, 3.05) is 26.3 Å². The van der Waals surface area contributed by atoms with Crippen LogP contribution in [0.4, 0.5) is 0 Å². The number of hydrogen-bond donors (Lipinski definition) is 1. The molecule has 0 saturated carbocycles. The second-order valence-corrected chi connectivity index (χ2v) is 3.48. The molecule has 0 bridgehead atoms. The van der Waals surface area contributed by atoms with Gasteiger partial charge in [0, 0.05) is 12.6 Å². The lowest BCUT2D eigenvalue weighted by Crippen LogP contribution is -2.33. The third kappa shape index (κ3) is 6.86. The van der Waals surface area contributed by atoms with Crippen LogP contribution in [0.1, 0.15) is 27.2 Å². The summed E-state index contributed by atoms with van der Waals surface area (Å²) in [5.41, 5.74) is 0. The van der Waals surface area contributed by atoms with Crippen LogP contribution >= 0.6 is 0 Å². The van der Waals surface area contributed by atoms with E-state index in [1.54, 1.807) is 0 Å². The minimum absolute atomic E-state index is 0.0911. The van der Waals surface area contributed by atoms with Crippen LogP contribution in [-0.4, -0.2) is 48.3 Å². The summed E-state index contributed by atoms with van der Waals surface area (Å²) in [5.74, 6) is -0.804. The van der Waals surface area contributed by atoms with Crippen LogP contribution in [-0.2, 0) is 9.53 Å². The van der Waals surface area contributed by atoms with Crippen LogP contribution in [0.25, 0.3) is 0 Å². The van der Waals surface area contributed by atoms with Crippen molar-refractivity contribution in [3.63, 3.8) is 0 Å². The molecule has 0 rings (SSSR count). The standard InChI is InChI=1S/C10H21NO3/c1-4-11(9(2)3)6-8-14-7-5-10(12)13/h9H,4-8H2,1-3H3,(H,12,13). The number of aliphatic carboxylic acids is 1. The number of nitrogens with zero attached hydrogens (tertiary/aromatic N) is 1. The Labute approximate surface area is 85.9 Å². The molecule has 0 heterocycles. The van der Waals surface area contributed by atoms with Gasteiger partial charge in [-0.05, 0) is 20.4 Å². The van der Waals surface area contributed by atoms with Gasteiger partial charge < -0.3 is 9.84 Å². The number of ether oxygens (including phenoxy) is 1. The van der Waals surface area contributed by atoms with Gasteiger partial charge in [-0.25, -0.2) is 0 Å². The van der Waals surface area contributed by atoms with Crippen LogP contribution in [0.3, 0.4) is 0 Å². The maximum Gasteiger partial charge on any atom is 0.305 e. The van der Waals surface area contributed by atoms with E-state index in [9.17, 15) is 4.79 Å². The Morgan fingerprint density at radius 3 is 2.50 bits per heavy atom. The molecule has 0 saturated heterocycles. The normalized spacial score (nSPS) is 11.2. The van der Waals surface area contributed by atoms with Gasteiger partial charge in [0.25, 0.3) is 0 Å². The lowest BCUT2D eigenvalue weighted by Gasteiger charge is -2.24. The van der Waals surface area contributed by atoms with Gasteiger partial charge >= 0.3 is 5.97 Å². The molecule has 0 atom stereocenters. The molecule has 14 heavy (non-hydrogen) atoms. The summed E-state index contributed by atoms with van der Waals surface area (Å²) in [6.07, 6.45) is 0.0911. The number of rotatable bonds is 8. The van der Waals surface area contributed by atoms with E-state index in [2.05, 4.69) is 25.7 Å². The fraction of sp³-hybridized carbons (Fsp3) is 0.900. The summed E-state index contributed by atoms with van der Waals surface area (Å²) in [6.45, 7) is 9.18. The highest BCUT2D eigenvalue weighted by Gasteiger charge is 2.05. The van der Waals surface area contributed by atoms with E-state index in [4.69, 9.17) is 9.84 Å². The third-order valence-electron chi connectivity index (χ3n) is 2.12. The van der Waals surface area contributed by atoms with Crippen LogP contribution in [0.15, 0.2) is 0 Å². The highest BCUT2D eigenvalue weighted by Crippen LogP contribution is 1.96. The largest absolute Gasteiger partial charge is 0.481 e. The van der Waals surface area contributed by atoms with Crippen molar-refractivity contribution in [1.29, 1.82) is 0 Å². The zero-order valence-corrected chi connectivity index (χ0v) is 9.32. The molecule has 0 unspecified atom stereocenters. The van der Waals surface area contributed by atoms with Crippen molar-refractivity contribution in [3.8, 4) is 0 Å². The second kappa shape index (κ2) is 7.76. The van der Waals surface area contributed by atoms with Crippen LogP contribution < -0.4 is 0 Å². The zero-order valence-electron chi connectivity index (χ0n) is 9.32. The molecule has 0 aromatic heterocycles. The Morgan fingerprint density at radius 2 is 2.07 bits per heavy atom. The van der Waals surface area contributed by atoms with Gasteiger partial charge in [0.15, 0.2) is 0 Å². The van der Waals surface area contributed by atoms with Crippen molar-refractivity contribution in [3.05, 3.63) is 0 Å². The summed E-state index contributed by atoms with van der Waals surface area (Å²) in [4.78, 5) is 12.4. The van der Waals surface area contributed by atoms with Gasteiger partial charge in [-0.15, -0.1) is 0 Å². The molecule has 0 amide bonds. The smallest absolute Gasteiger partial charge is 0.305 e. The molecule has 0 aromatic rings. The predicted molar refractivity (Wildman–Crippen MR) is 55.5 cm³/mol. The van der Waals surface area contributed by atoms with E-state index in [1.807, 2.05) is 0 Å². The van der Waals surface area contributed by atoms with E-state index >= 15 is 0 Å². The van der Waals surface area contributed by atoms with Gasteiger partial charge in [-0.3, -0.25) is 9.69 Å². The molecule has 0 fully saturated rings. The fourth-order valence-electron chi connectivity index (χ4n) is 1.22. The van der Waals surface area contributed by atoms with E-state index in [0.29, 0.717) is 19.3 Å². The summed E-state index contributed by atoms with van der Waals surface area (Å²) in [5, 5.41) is 8.37. The minimum atomic E-state index is -0.804. The van der Waals surface area contributed by atoms with E-state index in [1.165, 1.54) is 0 Å². The van der Waals surface area contributed by atoms with E-state index < -0.39 is 5.97 Å². The lowest BCUT2D eigenvalue weighted by molar-refractivity contribution is -0.138. The first kappa shape index (κ1) is 13.4. The van der Waals surface area contributed by atoms with Gasteiger partial charge in [-0.2, -0.15) is 0 Å². The van der Waals surface area contributed by atoms with E-state index in [-0.39, 0.29) is 6.42 Å². The van der Waals surface area contributed by atoms with Crippen LogP contribution in [0, 0.1) is 0 Å². The average molecular weight is 203 g/mol. The minimum Gasteiger partial charge on any atom is -0.481 e. The maximum absolute atomic E-state index is 10.2. The van der Waals surface area contributed by atoms with Gasteiger partial charge in [0.2, 0.25) is 0 Å². The second-order valence-electron chi connectivity index (χ2n) is 3.48. The van der Waals surface area contributed by atoms with Crippen molar-refractivity contribution in [1.82, 2.24) is 4.90 Å². The van der Waals surface area contributed by atoms with Crippen molar-refractivity contribution in [2.45, 2.75) is 33.2 Å². The molecule has 0 aromatic carbocycles. The molecule has 0 aliphatic heterocycles. The summed E-state index contributed by atoms with van der Waals surface area (Å²) < 4.78 is 5.20. The average Bonchev–Trinajstić information content (AvgIpc) is 2.10. The van der Waals surface area contributed by atoms with E-state index in [0.717, 1.165) is 13.1 Å². The number of carbonyl (C=O) groups is 1. The van der Waals surface area contributed by atoms with Gasteiger partial charge in [0.1, 0.15) is 0 Å². The Hall–Kier alpha value is -0.610. The third-order valence-corrected chi connectivity index (χ3v) is 2.12. The lowest BCUT2D eigenvalue weighted by atomic mass is 10.3. The van der Waals surface area contributed by atoms with Crippen LogP contribution in [0.5, 0.6) is 0 Å². The zero-order chi connectivity index (χ0) is 11.0. The molecule has 0 radical (unpaired) electrons. The first-order valence-electron chi connectivity index (χ1n) is 5.11. The topological polar surface area (TPSA) is 49.8 Å². The highest BCUT2D eigenvalue weighted by atomic mass is 16.5. The SMILES string of the molecule is CCN(CCOCCC(=O)O)C(C)C. The molecule has 4 heteroatoms. The Balaban J connectivity index is 3.38. The number of carboxylic acid groups (broad SMARTS) is 1. The monoisotopic (exact) mass is 203 g/mol. The molecule has 0 spiro atoms. The summed E-state index contributed by atoms with van der Waals surface area (Å²) in [6, 6.07) is 0.517. The molecule has 0 aliphatic rings. The fourth-order valence-corrected chi connectivity index (χ4v) is 1.22. The van der Waals surface area contributed by atoms with Crippen molar-refractivity contribution in [2.24, 2.45) is 0 Å². The molecule has 1 N–H and O–H groups in total. The molecule has 0 aliphatic carbocycles. The maximum atomic E-state index is 10.2. The van der Waals surface area contributed by atoms with Gasteiger partial charge in [0.05, 0.1) is 19.6 Å². The molecule has 4 nitrogen and oxygen atoms in total. The summed E-state index contributed by atoms with van der Waals surface area (Å²) >= 11 is 0. The Morgan fingerprint density at radius 1 is 1.43 bits per heavy atom. The van der Waals surface area contributed by atoms with Crippen molar-refractivity contribution < 1.29 is 14.6 Å². The molecule has 84 valence electrons. The predicted octanol–water partition coefficient (Wildman–Crippen LogP) is 1.21. The summed E-state index contributed by atoms with van der Waals surface area (Å²) in [7, 11) is 0. The number of likely N-dealkylation sites (N-methyl/N-ethyl adjacent to an activating group) is 1. The van der Waals surface area contributed by atoms with Crippen molar-refractivity contribution >= 4 is 5.97 Å². The Kier molecular flexibility index (Phi) is 7.42. The number of hydrogen-bond acceptors (Lipinski definition) is 3. The quantitative estimate of drug-likeness (QED) is 0.602. The molecular weight excluding hydrogens is 182 g/mol. The Bertz CT molecular complexity index is 159. The highest BCUT2D eigenvalue weighted by molar-refractivity contribution is 5.66. The first-order valence-corrected chi connectivity index (χ1v) is 5.11.